The zero-order chi connectivity index (χ0) is 18.8. The second kappa shape index (κ2) is 7.44. The third kappa shape index (κ3) is 3.08. The van der Waals surface area contributed by atoms with E-state index in [-0.39, 0.29) is 0 Å². The summed E-state index contributed by atoms with van der Waals surface area (Å²) >= 11 is 0. The molecule has 1 nitrogen and oxygen atoms in total. The summed E-state index contributed by atoms with van der Waals surface area (Å²) < 4.78 is 0. The largest absolute Gasteiger partial charge is 0.361 e. The van der Waals surface area contributed by atoms with Crippen LogP contribution >= 0.6 is 0 Å². The molecule has 0 fully saturated rings. The molecule has 4 rings (SSSR count). The van der Waals surface area contributed by atoms with Crippen LogP contribution in [-0.4, -0.2) is 4.98 Å². The van der Waals surface area contributed by atoms with Gasteiger partial charge in [-0.25, -0.2) is 0 Å². The lowest BCUT2D eigenvalue weighted by Gasteiger charge is -2.17. The number of rotatable bonds is 5. The zero-order valence-electron chi connectivity index (χ0n) is 16.5. The van der Waals surface area contributed by atoms with Crippen molar-refractivity contribution in [1.82, 2.24) is 4.98 Å². The van der Waals surface area contributed by atoms with Gasteiger partial charge in [0.1, 0.15) is 0 Å². The van der Waals surface area contributed by atoms with E-state index in [1.165, 1.54) is 50.2 Å². The van der Waals surface area contributed by atoms with Crippen molar-refractivity contribution in [2.45, 2.75) is 40.0 Å². The van der Waals surface area contributed by atoms with Crippen LogP contribution in [0.3, 0.4) is 0 Å². The van der Waals surface area contributed by atoms with E-state index in [4.69, 9.17) is 0 Å². The molecule has 0 unspecified atom stereocenters. The van der Waals surface area contributed by atoms with Gasteiger partial charge in [0, 0.05) is 17.5 Å². The van der Waals surface area contributed by atoms with Gasteiger partial charge in [-0.1, -0.05) is 68.0 Å². The van der Waals surface area contributed by atoms with Crippen molar-refractivity contribution in [2.75, 3.05) is 0 Å². The first-order valence-corrected chi connectivity index (χ1v) is 10.0. The number of hydrogen-bond donors (Lipinski definition) is 1. The summed E-state index contributed by atoms with van der Waals surface area (Å²) in [6.07, 6.45) is 9.74. The van der Waals surface area contributed by atoms with E-state index in [2.05, 4.69) is 86.4 Å². The van der Waals surface area contributed by atoms with E-state index in [1.54, 1.807) is 0 Å². The molecule has 1 heterocycles. The van der Waals surface area contributed by atoms with E-state index in [9.17, 15) is 0 Å². The fourth-order valence-electron chi connectivity index (χ4n) is 4.26. The quantitative estimate of drug-likeness (QED) is 0.360. The summed E-state index contributed by atoms with van der Waals surface area (Å²) in [5.74, 6) is 0. The van der Waals surface area contributed by atoms with Gasteiger partial charge in [-0.15, -0.1) is 0 Å². The maximum Gasteiger partial charge on any atom is 0.0463 e. The first-order valence-electron chi connectivity index (χ1n) is 10.0. The van der Waals surface area contributed by atoms with E-state index in [1.807, 2.05) is 6.20 Å². The molecule has 27 heavy (non-hydrogen) atoms. The minimum absolute atomic E-state index is 1.01. The predicted octanol–water partition coefficient (Wildman–Crippen LogP) is 7.40. The van der Waals surface area contributed by atoms with Crippen LogP contribution < -0.4 is 0 Å². The Hall–Kier alpha value is -2.80. The Labute approximate surface area is 162 Å². The van der Waals surface area contributed by atoms with Crippen molar-refractivity contribution in [1.29, 1.82) is 0 Å². The highest BCUT2D eigenvalue weighted by Gasteiger charge is 2.24. The molecule has 1 N–H and O–H groups in total. The summed E-state index contributed by atoms with van der Waals surface area (Å²) in [6.45, 7) is 6.62. The summed E-state index contributed by atoms with van der Waals surface area (Å²) in [6, 6.07) is 17.8. The number of allylic oxidation sites excluding steroid dienone is 4. The van der Waals surface area contributed by atoms with Gasteiger partial charge in [0.2, 0.25) is 0 Å². The highest BCUT2D eigenvalue weighted by Crippen LogP contribution is 2.44. The van der Waals surface area contributed by atoms with Crippen LogP contribution in [0.25, 0.3) is 28.0 Å². The molecular formula is C26H27N. The van der Waals surface area contributed by atoms with Gasteiger partial charge in [0.05, 0.1) is 0 Å². The van der Waals surface area contributed by atoms with Crippen LogP contribution in [0.5, 0.6) is 0 Å². The molecule has 0 atom stereocenters. The topological polar surface area (TPSA) is 15.8 Å². The van der Waals surface area contributed by atoms with Gasteiger partial charge in [0.25, 0.3) is 0 Å². The number of nitrogens with one attached hydrogen (secondary N) is 1. The highest BCUT2D eigenvalue weighted by molar-refractivity contribution is 5.91. The molecule has 0 saturated heterocycles. The molecule has 0 radical (unpaired) electrons. The standard InChI is InChI=1S/C26H27N/c1-4-18(5-2)16-19(6-3)22-13-14-23-21-11-8-7-10-20(21)17-24(23)26(22)25-12-9-15-27-25/h4,7-16,27H,5-6,17H2,1-3H3. The minimum Gasteiger partial charge on any atom is -0.361 e. The van der Waals surface area contributed by atoms with Gasteiger partial charge in [0.15, 0.2) is 0 Å². The third-order valence-corrected chi connectivity index (χ3v) is 5.72. The lowest BCUT2D eigenvalue weighted by molar-refractivity contribution is 1.13. The minimum atomic E-state index is 1.01. The fourth-order valence-corrected chi connectivity index (χ4v) is 4.26. The van der Waals surface area contributed by atoms with Crippen molar-refractivity contribution in [3.63, 3.8) is 0 Å². The van der Waals surface area contributed by atoms with Crippen LogP contribution in [0, 0.1) is 0 Å². The molecule has 1 aromatic heterocycles. The monoisotopic (exact) mass is 353 g/mol. The molecule has 0 aliphatic heterocycles. The number of aromatic amines is 1. The smallest absolute Gasteiger partial charge is 0.0463 e. The first-order chi connectivity index (χ1) is 13.3. The van der Waals surface area contributed by atoms with E-state index < -0.39 is 0 Å². The molecular weight excluding hydrogens is 326 g/mol. The van der Waals surface area contributed by atoms with Gasteiger partial charge >= 0.3 is 0 Å². The molecule has 3 aromatic rings. The molecule has 0 spiro atoms. The summed E-state index contributed by atoms with van der Waals surface area (Å²) in [5, 5.41) is 0. The van der Waals surface area contributed by atoms with Gasteiger partial charge in [-0.05, 0) is 71.7 Å². The van der Waals surface area contributed by atoms with E-state index in [0.717, 1.165) is 19.3 Å². The number of fused-ring (bicyclic) bond motifs is 3. The number of hydrogen-bond acceptors (Lipinski definition) is 0. The van der Waals surface area contributed by atoms with E-state index in [0.29, 0.717) is 0 Å². The van der Waals surface area contributed by atoms with Crippen LogP contribution in [0.1, 0.15) is 50.3 Å². The Morgan fingerprint density at radius 3 is 2.52 bits per heavy atom. The Balaban J connectivity index is 1.96. The lowest BCUT2D eigenvalue weighted by atomic mass is 9.88. The van der Waals surface area contributed by atoms with Crippen molar-refractivity contribution in [3.05, 3.63) is 89.1 Å². The van der Waals surface area contributed by atoms with Crippen LogP contribution in [0.4, 0.5) is 0 Å². The van der Waals surface area contributed by atoms with Crippen molar-refractivity contribution in [2.24, 2.45) is 0 Å². The summed E-state index contributed by atoms with van der Waals surface area (Å²) in [7, 11) is 0. The van der Waals surface area contributed by atoms with E-state index >= 15 is 0 Å². The molecule has 1 aliphatic carbocycles. The average molecular weight is 354 g/mol. The zero-order valence-corrected chi connectivity index (χ0v) is 16.5. The fraction of sp³-hybridized carbons (Fsp3) is 0.231. The van der Waals surface area contributed by atoms with Gasteiger partial charge in [-0.3, -0.25) is 0 Å². The molecule has 0 bridgehead atoms. The molecule has 0 amide bonds. The molecule has 136 valence electrons. The Bertz CT molecular complexity index is 1020. The van der Waals surface area contributed by atoms with Crippen molar-refractivity contribution in [3.8, 4) is 22.4 Å². The normalized spacial score (nSPS) is 13.6. The molecule has 1 heteroatoms. The number of H-pyrrole nitrogens is 1. The van der Waals surface area contributed by atoms with Crippen molar-refractivity contribution >= 4 is 5.57 Å². The van der Waals surface area contributed by atoms with Crippen LogP contribution in [-0.2, 0) is 6.42 Å². The Kier molecular flexibility index (Phi) is 4.85. The maximum absolute atomic E-state index is 3.47. The third-order valence-electron chi connectivity index (χ3n) is 5.72. The van der Waals surface area contributed by atoms with Gasteiger partial charge in [-0.2, -0.15) is 0 Å². The Morgan fingerprint density at radius 1 is 0.963 bits per heavy atom. The predicted molar refractivity (Wildman–Crippen MR) is 117 cm³/mol. The van der Waals surface area contributed by atoms with Gasteiger partial charge < -0.3 is 4.98 Å². The Morgan fingerprint density at radius 2 is 1.81 bits per heavy atom. The maximum atomic E-state index is 3.47. The second-order valence-corrected chi connectivity index (χ2v) is 7.17. The number of aromatic nitrogens is 1. The van der Waals surface area contributed by atoms with Crippen LogP contribution in [0.15, 0.2) is 72.5 Å². The summed E-state index contributed by atoms with van der Waals surface area (Å²) in [4.78, 5) is 3.47. The molecule has 1 aliphatic rings. The SMILES string of the molecule is CC=C(C=C(CC)c1ccc2c(c1-c1ccc[nH]1)Cc1ccccc1-2)CC. The highest BCUT2D eigenvalue weighted by atomic mass is 14.7. The first kappa shape index (κ1) is 17.6. The lowest BCUT2D eigenvalue weighted by Crippen LogP contribution is -1.96. The number of benzene rings is 2. The second-order valence-electron chi connectivity index (χ2n) is 7.17. The molecule has 2 aromatic carbocycles. The van der Waals surface area contributed by atoms with Crippen molar-refractivity contribution < 1.29 is 0 Å². The van der Waals surface area contributed by atoms with Crippen LogP contribution in [0.2, 0.25) is 0 Å². The molecule has 0 saturated carbocycles. The average Bonchev–Trinajstić information content (AvgIpc) is 3.36. The summed E-state index contributed by atoms with van der Waals surface area (Å²) in [5.41, 5.74) is 12.4.